The van der Waals surface area contributed by atoms with Gasteiger partial charge < -0.3 is 16.0 Å². The fourth-order valence-corrected chi connectivity index (χ4v) is 3.51. The second kappa shape index (κ2) is 4.35. The summed E-state index contributed by atoms with van der Waals surface area (Å²) in [5, 5.41) is 10.9. The minimum absolute atomic E-state index is 0.263. The largest absolute Gasteiger partial charge is 0.350 e. The van der Waals surface area contributed by atoms with Crippen LogP contribution >= 0.6 is 0 Å². The van der Waals surface area contributed by atoms with E-state index < -0.39 is 5.66 Å². The van der Waals surface area contributed by atoms with Gasteiger partial charge in [-0.1, -0.05) is 42.5 Å². The molecule has 1 atom stereocenters. The van der Waals surface area contributed by atoms with Gasteiger partial charge in [-0.2, -0.15) is 0 Å². The lowest BCUT2D eigenvalue weighted by atomic mass is 9.94. The number of rotatable bonds is 0. The second-order valence-electron chi connectivity index (χ2n) is 6.07. The number of amides is 2. The summed E-state index contributed by atoms with van der Waals surface area (Å²) in [4.78, 5) is 25.4. The first kappa shape index (κ1) is 13.1. The molecule has 0 radical (unpaired) electrons. The normalized spacial score (nSPS) is 21.0. The third-order valence-corrected chi connectivity index (χ3v) is 4.67. The maximum absolute atomic E-state index is 12.7. The highest BCUT2D eigenvalue weighted by Crippen LogP contribution is 2.40. The van der Waals surface area contributed by atoms with Crippen LogP contribution in [0.25, 0.3) is 10.8 Å². The minimum Gasteiger partial charge on any atom is -0.350 e. The van der Waals surface area contributed by atoms with Gasteiger partial charge in [0.15, 0.2) is 0 Å². The standard InChI is InChI=1S/C19H13N3O2/c23-17-13-9-11-5-1-2-6-12(11)10-16(13)21-19(22-17)14-7-3-4-8-15(14)20-18(19)24/h1-10,21H,(H,20,24)(H,22,23). The van der Waals surface area contributed by atoms with Crippen molar-refractivity contribution in [2.45, 2.75) is 5.66 Å². The van der Waals surface area contributed by atoms with Crippen molar-refractivity contribution in [3.8, 4) is 0 Å². The average Bonchev–Trinajstić information content (AvgIpc) is 2.85. The summed E-state index contributed by atoms with van der Waals surface area (Å²) < 4.78 is 0. The molecule has 116 valence electrons. The van der Waals surface area contributed by atoms with E-state index in [1.165, 1.54) is 0 Å². The van der Waals surface area contributed by atoms with E-state index in [2.05, 4.69) is 16.0 Å². The fourth-order valence-electron chi connectivity index (χ4n) is 3.51. The van der Waals surface area contributed by atoms with Gasteiger partial charge in [0.1, 0.15) is 0 Å². The Morgan fingerprint density at radius 1 is 0.750 bits per heavy atom. The molecule has 0 saturated heterocycles. The van der Waals surface area contributed by atoms with Gasteiger partial charge in [-0.3, -0.25) is 9.59 Å². The van der Waals surface area contributed by atoms with Gasteiger partial charge in [0.2, 0.25) is 5.66 Å². The van der Waals surface area contributed by atoms with Crippen LogP contribution in [0.2, 0.25) is 0 Å². The Morgan fingerprint density at radius 2 is 1.46 bits per heavy atom. The summed E-state index contributed by atoms with van der Waals surface area (Å²) in [6.07, 6.45) is 0. The molecule has 2 amide bonds. The Hall–Kier alpha value is -3.34. The molecule has 24 heavy (non-hydrogen) atoms. The zero-order valence-corrected chi connectivity index (χ0v) is 12.6. The molecule has 2 heterocycles. The maximum Gasteiger partial charge on any atom is 0.275 e. The van der Waals surface area contributed by atoms with Gasteiger partial charge in [-0.25, -0.2) is 0 Å². The first-order chi connectivity index (χ1) is 11.7. The third kappa shape index (κ3) is 1.58. The summed E-state index contributed by atoms with van der Waals surface area (Å²) in [6, 6.07) is 19.0. The molecule has 3 aromatic carbocycles. The number of hydrogen-bond acceptors (Lipinski definition) is 3. The minimum atomic E-state index is -1.26. The van der Waals surface area contributed by atoms with Crippen molar-refractivity contribution < 1.29 is 9.59 Å². The van der Waals surface area contributed by atoms with Crippen molar-refractivity contribution >= 4 is 34.0 Å². The molecular weight excluding hydrogens is 302 g/mol. The van der Waals surface area contributed by atoms with E-state index in [-0.39, 0.29) is 11.8 Å². The molecule has 5 nitrogen and oxygen atoms in total. The van der Waals surface area contributed by atoms with Crippen LogP contribution in [-0.4, -0.2) is 11.8 Å². The lowest BCUT2D eigenvalue weighted by Gasteiger charge is -2.35. The lowest BCUT2D eigenvalue weighted by Crippen LogP contribution is -2.59. The number of carbonyl (C=O) groups is 2. The van der Waals surface area contributed by atoms with Gasteiger partial charge in [0.25, 0.3) is 11.8 Å². The molecule has 0 aliphatic carbocycles. The highest BCUT2D eigenvalue weighted by molar-refractivity contribution is 6.15. The first-order valence-corrected chi connectivity index (χ1v) is 7.72. The molecule has 0 aromatic heterocycles. The molecule has 0 bridgehead atoms. The maximum atomic E-state index is 12.7. The summed E-state index contributed by atoms with van der Waals surface area (Å²) >= 11 is 0. The van der Waals surface area contributed by atoms with Crippen molar-refractivity contribution in [2.75, 3.05) is 10.6 Å². The Balaban J connectivity index is 1.73. The van der Waals surface area contributed by atoms with Crippen LogP contribution in [0.5, 0.6) is 0 Å². The zero-order valence-electron chi connectivity index (χ0n) is 12.6. The Morgan fingerprint density at radius 3 is 2.29 bits per heavy atom. The van der Waals surface area contributed by atoms with E-state index in [9.17, 15) is 9.59 Å². The topological polar surface area (TPSA) is 70.2 Å². The molecule has 0 fully saturated rings. The molecule has 1 spiro atoms. The molecule has 5 rings (SSSR count). The predicted octanol–water partition coefficient (Wildman–Crippen LogP) is 2.80. The monoisotopic (exact) mass is 315 g/mol. The molecule has 2 aliphatic rings. The van der Waals surface area contributed by atoms with E-state index in [1.54, 1.807) is 0 Å². The van der Waals surface area contributed by atoms with Gasteiger partial charge in [0, 0.05) is 16.9 Å². The quantitative estimate of drug-likeness (QED) is 0.597. The fraction of sp³-hybridized carbons (Fsp3) is 0.0526. The molecule has 3 aromatic rings. The number of benzene rings is 3. The van der Waals surface area contributed by atoms with Gasteiger partial charge >= 0.3 is 0 Å². The Labute approximate surface area is 137 Å². The highest BCUT2D eigenvalue weighted by Gasteiger charge is 2.51. The Kier molecular flexibility index (Phi) is 2.38. The molecule has 5 heteroatoms. The van der Waals surface area contributed by atoms with Crippen LogP contribution in [0.15, 0.2) is 60.7 Å². The number of fused-ring (bicyclic) bond motifs is 4. The molecule has 3 N–H and O–H groups in total. The van der Waals surface area contributed by atoms with Crippen molar-refractivity contribution in [1.29, 1.82) is 0 Å². The van der Waals surface area contributed by atoms with Gasteiger partial charge in [-0.05, 0) is 29.0 Å². The predicted molar refractivity (Wildman–Crippen MR) is 91.8 cm³/mol. The van der Waals surface area contributed by atoms with E-state index in [4.69, 9.17) is 0 Å². The van der Waals surface area contributed by atoms with E-state index in [0.717, 1.165) is 16.3 Å². The smallest absolute Gasteiger partial charge is 0.275 e. The summed E-state index contributed by atoms with van der Waals surface area (Å²) in [7, 11) is 0. The summed E-state index contributed by atoms with van der Waals surface area (Å²) in [5.41, 5.74) is 1.37. The number of para-hydroxylation sites is 1. The van der Waals surface area contributed by atoms with Crippen LogP contribution in [0.3, 0.4) is 0 Å². The zero-order chi connectivity index (χ0) is 16.3. The second-order valence-corrected chi connectivity index (χ2v) is 6.07. The average molecular weight is 315 g/mol. The van der Waals surface area contributed by atoms with Crippen LogP contribution in [0.1, 0.15) is 15.9 Å². The first-order valence-electron chi connectivity index (χ1n) is 7.72. The summed E-state index contributed by atoms with van der Waals surface area (Å²) in [5.74, 6) is -0.544. The van der Waals surface area contributed by atoms with E-state index >= 15 is 0 Å². The van der Waals surface area contributed by atoms with Crippen LogP contribution in [-0.2, 0) is 10.5 Å². The Bertz CT molecular complexity index is 1040. The van der Waals surface area contributed by atoms with E-state index in [0.29, 0.717) is 16.9 Å². The van der Waals surface area contributed by atoms with E-state index in [1.807, 2.05) is 60.7 Å². The van der Waals surface area contributed by atoms with Crippen molar-refractivity contribution in [3.05, 3.63) is 71.8 Å². The molecule has 0 saturated carbocycles. The van der Waals surface area contributed by atoms with Gasteiger partial charge in [-0.15, -0.1) is 0 Å². The SMILES string of the molecule is O=C1NC2(Nc3cc4ccccc4cc31)C(=O)Nc1ccccc12. The molecule has 1 unspecified atom stereocenters. The number of carbonyl (C=O) groups excluding carboxylic acids is 2. The number of nitrogens with one attached hydrogen (secondary N) is 3. The summed E-state index contributed by atoms with van der Waals surface area (Å²) in [6.45, 7) is 0. The van der Waals surface area contributed by atoms with Crippen molar-refractivity contribution in [2.24, 2.45) is 0 Å². The molecule has 2 aliphatic heterocycles. The van der Waals surface area contributed by atoms with Crippen LogP contribution < -0.4 is 16.0 Å². The van der Waals surface area contributed by atoms with Crippen LogP contribution in [0.4, 0.5) is 11.4 Å². The highest BCUT2D eigenvalue weighted by atomic mass is 16.2. The number of anilines is 2. The van der Waals surface area contributed by atoms with Gasteiger partial charge in [0.05, 0.1) is 5.56 Å². The van der Waals surface area contributed by atoms with Crippen LogP contribution in [0, 0.1) is 0 Å². The third-order valence-electron chi connectivity index (χ3n) is 4.67. The number of hydrogen-bond donors (Lipinski definition) is 3. The lowest BCUT2D eigenvalue weighted by molar-refractivity contribution is -0.120. The van der Waals surface area contributed by atoms with Crippen molar-refractivity contribution in [3.63, 3.8) is 0 Å². The molecular formula is C19H13N3O2. The van der Waals surface area contributed by atoms with Crippen molar-refractivity contribution in [1.82, 2.24) is 5.32 Å².